The monoisotopic (exact) mass is 509 g/mol. The molecular formula is C17H28IN5O3S. The summed E-state index contributed by atoms with van der Waals surface area (Å²) in [6.07, 6.45) is 3.35. The fourth-order valence-corrected chi connectivity index (χ4v) is 3.19. The second kappa shape index (κ2) is 11.4. The van der Waals surface area contributed by atoms with Gasteiger partial charge >= 0.3 is 0 Å². The standard InChI is InChI=1S/C17H27N5O3S.HI/c1-18-17(19-10-4-11-21-26(2,24)25)20-13-14-6-8-15(9-7-14)22-12-3-5-16(22)23;/h6-9,21H,3-5,10-13H2,1-2H3,(H2,18,19,20);1H. The van der Waals surface area contributed by atoms with E-state index in [1.165, 1.54) is 0 Å². The Morgan fingerprint density at radius 1 is 1.19 bits per heavy atom. The number of nitrogens with one attached hydrogen (secondary N) is 3. The molecule has 0 bridgehead atoms. The quantitative estimate of drug-likeness (QED) is 0.210. The number of anilines is 1. The van der Waals surface area contributed by atoms with Crippen molar-refractivity contribution in [3.8, 4) is 0 Å². The summed E-state index contributed by atoms with van der Waals surface area (Å²) >= 11 is 0. The first-order chi connectivity index (χ1) is 12.4. The molecule has 10 heteroatoms. The zero-order valence-electron chi connectivity index (χ0n) is 15.7. The summed E-state index contributed by atoms with van der Waals surface area (Å²) in [7, 11) is -1.45. The molecule has 1 aliphatic rings. The van der Waals surface area contributed by atoms with E-state index in [9.17, 15) is 13.2 Å². The first-order valence-electron chi connectivity index (χ1n) is 8.67. The molecule has 0 aliphatic carbocycles. The first kappa shape index (κ1) is 23.6. The molecule has 1 saturated heterocycles. The maximum atomic E-state index is 11.8. The fourth-order valence-electron chi connectivity index (χ4n) is 2.67. The van der Waals surface area contributed by atoms with E-state index in [1.807, 2.05) is 29.2 Å². The highest BCUT2D eigenvalue weighted by Crippen LogP contribution is 2.21. The highest BCUT2D eigenvalue weighted by molar-refractivity contribution is 14.0. The summed E-state index contributed by atoms with van der Waals surface area (Å²) in [4.78, 5) is 17.7. The summed E-state index contributed by atoms with van der Waals surface area (Å²) in [6, 6.07) is 7.93. The lowest BCUT2D eigenvalue weighted by molar-refractivity contribution is -0.117. The Bertz CT molecular complexity index is 737. The number of halogens is 1. The van der Waals surface area contributed by atoms with Gasteiger partial charge in [0.15, 0.2) is 5.96 Å². The summed E-state index contributed by atoms with van der Waals surface area (Å²) in [5.74, 6) is 0.842. The maximum absolute atomic E-state index is 11.8. The van der Waals surface area contributed by atoms with E-state index in [-0.39, 0.29) is 29.9 Å². The molecule has 27 heavy (non-hydrogen) atoms. The highest BCUT2D eigenvalue weighted by Gasteiger charge is 2.21. The molecule has 0 unspecified atom stereocenters. The Morgan fingerprint density at radius 2 is 1.89 bits per heavy atom. The van der Waals surface area contributed by atoms with Crippen molar-refractivity contribution < 1.29 is 13.2 Å². The number of hydrogen-bond donors (Lipinski definition) is 3. The van der Waals surface area contributed by atoms with Gasteiger partial charge in [0.25, 0.3) is 0 Å². The minimum Gasteiger partial charge on any atom is -0.356 e. The number of guanidine groups is 1. The predicted octanol–water partition coefficient (Wildman–Crippen LogP) is 1.04. The number of benzene rings is 1. The number of sulfonamides is 1. The van der Waals surface area contributed by atoms with Crippen LogP contribution in [0.2, 0.25) is 0 Å². The van der Waals surface area contributed by atoms with Crippen LogP contribution in [0, 0.1) is 0 Å². The van der Waals surface area contributed by atoms with Crippen molar-refractivity contribution in [2.45, 2.75) is 25.8 Å². The number of amides is 1. The molecule has 2 rings (SSSR count). The van der Waals surface area contributed by atoms with Crippen LogP contribution >= 0.6 is 24.0 Å². The molecule has 0 atom stereocenters. The smallest absolute Gasteiger partial charge is 0.227 e. The minimum atomic E-state index is -3.14. The number of rotatable bonds is 8. The molecular weight excluding hydrogens is 481 g/mol. The SMILES string of the molecule is CN=C(NCCCNS(C)(=O)=O)NCc1ccc(N2CCCC2=O)cc1.I. The average Bonchev–Trinajstić information content (AvgIpc) is 3.03. The highest BCUT2D eigenvalue weighted by atomic mass is 127. The van der Waals surface area contributed by atoms with Gasteiger partial charge in [0.2, 0.25) is 15.9 Å². The van der Waals surface area contributed by atoms with Gasteiger partial charge in [0.1, 0.15) is 0 Å². The van der Waals surface area contributed by atoms with Crippen molar-refractivity contribution in [1.29, 1.82) is 0 Å². The van der Waals surface area contributed by atoms with E-state index in [4.69, 9.17) is 0 Å². The van der Waals surface area contributed by atoms with Crippen LogP contribution in [0.3, 0.4) is 0 Å². The predicted molar refractivity (Wildman–Crippen MR) is 119 cm³/mol. The lowest BCUT2D eigenvalue weighted by Crippen LogP contribution is -2.38. The Hall–Kier alpha value is -1.40. The van der Waals surface area contributed by atoms with E-state index in [0.29, 0.717) is 38.4 Å². The Labute approximate surface area is 178 Å². The van der Waals surface area contributed by atoms with Crippen LogP contribution < -0.4 is 20.3 Å². The third-order valence-corrected chi connectivity index (χ3v) is 4.74. The topological polar surface area (TPSA) is 103 Å². The Balaban J connectivity index is 0.00000364. The molecule has 0 radical (unpaired) electrons. The van der Waals surface area contributed by atoms with Crippen LogP contribution in [-0.4, -0.2) is 53.2 Å². The lowest BCUT2D eigenvalue weighted by Gasteiger charge is -2.16. The van der Waals surface area contributed by atoms with E-state index in [1.54, 1.807) is 7.05 Å². The molecule has 3 N–H and O–H groups in total. The molecule has 1 amide bonds. The second-order valence-corrected chi connectivity index (χ2v) is 8.02. The zero-order valence-corrected chi connectivity index (χ0v) is 18.8. The lowest BCUT2D eigenvalue weighted by atomic mass is 10.2. The van der Waals surface area contributed by atoms with Gasteiger partial charge in [-0.3, -0.25) is 9.79 Å². The molecule has 1 fully saturated rings. The van der Waals surface area contributed by atoms with Crippen LogP contribution in [-0.2, 0) is 21.4 Å². The molecule has 0 aromatic heterocycles. The van der Waals surface area contributed by atoms with Crippen LogP contribution in [0.15, 0.2) is 29.3 Å². The number of carbonyl (C=O) groups is 1. The summed E-state index contributed by atoms with van der Waals surface area (Å²) < 4.78 is 24.4. The zero-order chi connectivity index (χ0) is 19.0. The number of carbonyl (C=O) groups excluding carboxylic acids is 1. The van der Waals surface area contributed by atoms with Gasteiger partial charge < -0.3 is 15.5 Å². The van der Waals surface area contributed by atoms with Gasteiger partial charge in [-0.15, -0.1) is 24.0 Å². The summed E-state index contributed by atoms with van der Waals surface area (Å²) in [5, 5.41) is 6.35. The van der Waals surface area contributed by atoms with E-state index < -0.39 is 10.0 Å². The summed E-state index contributed by atoms with van der Waals surface area (Å²) in [5.41, 5.74) is 2.03. The van der Waals surface area contributed by atoms with Gasteiger partial charge in [0, 0.05) is 45.3 Å². The minimum absolute atomic E-state index is 0. The molecule has 1 heterocycles. The Morgan fingerprint density at radius 3 is 2.44 bits per heavy atom. The molecule has 152 valence electrons. The Kier molecular flexibility index (Phi) is 10.0. The van der Waals surface area contributed by atoms with Crippen LogP contribution in [0.1, 0.15) is 24.8 Å². The molecule has 1 aliphatic heterocycles. The first-order valence-corrected chi connectivity index (χ1v) is 10.6. The molecule has 0 saturated carbocycles. The third kappa shape index (κ3) is 8.43. The van der Waals surface area contributed by atoms with Gasteiger partial charge in [-0.05, 0) is 30.5 Å². The largest absolute Gasteiger partial charge is 0.356 e. The third-order valence-electron chi connectivity index (χ3n) is 4.02. The van der Waals surface area contributed by atoms with Crippen molar-refractivity contribution in [3.63, 3.8) is 0 Å². The summed E-state index contributed by atoms with van der Waals surface area (Å²) in [6.45, 7) is 2.40. The van der Waals surface area contributed by atoms with Crippen molar-refractivity contribution in [2.24, 2.45) is 4.99 Å². The number of hydrogen-bond acceptors (Lipinski definition) is 4. The van der Waals surface area contributed by atoms with E-state index in [2.05, 4.69) is 20.3 Å². The number of aliphatic imine (C=N–C) groups is 1. The molecule has 0 spiro atoms. The van der Waals surface area contributed by atoms with Gasteiger partial charge in [0.05, 0.1) is 6.26 Å². The van der Waals surface area contributed by atoms with Gasteiger partial charge in [-0.25, -0.2) is 13.1 Å². The van der Waals surface area contributed by atoms with Gasteiger partial charge in [-0.2, -0.15) is 0 Å². The molecule has 1 aromatic carbocycles. The van der Waals surface area contributed by atoms with E-state index >= 15 is 0 Å². The maximum Gasteiger partial charge on any atom is 0.227 e. The normalized spacial score (nSPS) is 14.8. The van der Waals surface area contributed by atoms with Crippen molar-refractivity contribution in [1.82, 2.24) is 15.4 Å². The average molecular weight is 509 g/mol. The van der Waals surface area contributed by atoms with Crippen molar-refractivity contribution in [3.05, 3.63) is 29.8 Å². The van der Waals surface area contributed by atoms with E-state index in [0.717, 1.165) is 30.5 Å². The van der Waals surface area contributed by atoms with Gasteiger partial charge in [-0.1, -0.05) is 12.1 Å². The fraction of sp³-hybridized carbons (Fsp3) is 0.529. The van der Waals surface area contributed by atoms with Crippen molar-refractivity contribution in [2.75, 3.05) is 37.8 Å². The number of nitrogens with zero attached hydrogens (tertiary/aromatic N) is 2. The van der Waals surface area contributed by atoms with Crippen LogP contribution in [0.5, 0.6) is 0 Å². The second-order valence-electron chi connectivity index (χ2n) is 6.19. The van der Waals surface area contributed by atoms with Crippen LogP contribution in [0.4, 0.5) is 5.69 Å². The molecule has 8 nitrogen and oxygen atoms in total. The van der Waals surface area contributed by atoms with Crippen molar-refractivity contribution >= 4 is 51.6 Å². The van der Waals surface area contributed by atoms with Crippen LogP contribution in [0.25, 0.3) is 0 Å². The molecule has 1 aromatic rings.